The van der Waals surface area contributed by atoms with Crippen LogP contribution in [-0.4, -0.2) is 27.0 Å². The molecule has 0 aliphatic carbocycles. The third kappa shape index (κ3) is 6.27. The van der Waals surface area contributed by atoms with Gasteiger partial charge in [-0.2, -0.15) is 13.2 Å². The minimum absolute atomic E-state index is 0.0101. The van der Waals surface area contributed by atoms with Crippen LogP contribution in [0.5, 0.6) is 0 Å². The summed E-state index contributed by atoms with van der Waals surface area (Å²) in [6, 6.07) is 0.928. The zero-order valence-corrected chi connectivity index (χ0v) is 13.5. The summed E-state index contributed by atoms with van der Waals surface area (Å²) < 4.78 is 62.6. The Labute approximate surface area is 131 Å². The van der Waals surface area contributed by atoms with Gasteiger partial charge >= 0.3 is 6.18 Å². The molecule has 0 spiro atoms. The Bertz CT molecular complexity index is 614. The highest BCUT2D eigenvalue weighted by molar-refractivity contribution is 9.10. The highest BCUT2D eigenvalue weighted by Crippen LogP contribution is 2.28. The molecular weight excluding hydrogens is 403 g/mol. The Hall–Kier alpha value is -0.740. The van der Waals surface area contributed by atoms with Crippen molar-refractivity contribution >= 4 is 41.6 Å². The Balaban J connectivity index is 2.50. The van der Waals surface area contributed by atoms with E-state index in [0.29, 0.717) is 0 Å². The average molecular weight is 413 g/mol. The number of amides is 1. The van der Waals surface area contributed by atoms with Gasteiger partial charge in [-0.1, -0.05) is 0 Å². The first-order valence-electron chi connectivity index (χ1n) is 5.59. The van der Waals surface area contributed by atoms with Crippen LogP contribution in [0.25, 0.3) is 0 Å². The summed E-state index contributed by atoms with van der Waals surface area (Å²) in [4.78, 5) is 11.2. The molecule has 0 aliphatic heterocycles. The van der Waals surface area contributed by atoms with E-state index >= 15 is 0 Å². The molecule has 1 N–H and O–H groups in total. The number of rotatable bonds is 6. The molecule has 0 saturated carbocycles. The molecule has 1 amide bonds. The summed E-state index contributed by atoms with van der Waals surface area (Å²) in [5.41, 5.74) is 0. The van der Waals surface area contributed by atoms with Crippen molar-refractivity contribution in [1.29, 1.82) is 0 Å². The number of furan rings is 1. The normalized spacial score (nSPS) is 12.4. The summed E-state index contributed by atoms with van der Waals surface area (Å²) in [6.07, 6.45) is -5.13. The van der Waals surface area contributed by atoms with Gasteiger partial charge in [-0.15, -0.1) is 0 Å². The fraction of sp³-hybridized carbons (Fsp3) is 0.500. The maximum absolute atomic E-state index is 11.9. The maximum atomic E-state index is 11.9. The number of hydrogen-bond donors (Lipinski definition) is 1. The van der Waals surface area contributed by atoms with E-state index in [0.717, 1.165) is 6.07 Å². The molecule has 11 heteroatoms. The number of nitrogens with one attached hydrogen (secondary N) is 1. The first-order chi connectivity index (χ1) is 9.50. The van der Waals surface area contributed by atoms with Gasteiger partial charge in [0.05, 0.1) is 0 Å². The predicted molar refractivity (Wildman–Crippen MR) is 71.7 cm³/mol. The monoisotopic (exact) mass is 411 g/mol. The third-order valence-corrected chi connectivity index (χ3v) is 4.49. The van der Waals surface area contributed by atoms with Gasteiger partial charge in [0, 0.05) is 29.7 Å². The number of hydrogen-bond acceptors (Lipinski definition) is 4. The summed E-state index contributed by atoms with van der Waals surface area (Å²) in [7, 11) is 1.05. The van der Waals surface area contributed by atoms with Gasteiger partial charge < -0.3 is 9.73 Å². The molecule has 0 aliphatic rings. The fourth-order valence-corrected chi connectivity index (χ4v) is 3.40. The van der Waals surface area contributed by atoms with Crippen LogP contribution < -0.4 is 5.32 Å². The van der Waals surface area contributed by atoms with Crippen molar-refractivity contribution in [2.24, 2.45) is 0 Å². The van der Waals surface area contributed by atoms with Gasteiger partial charge in [-0.05, 0) is 28.8 Å². The van der Waals surface area contributed by atoms with E-state index in [1.165, 1.54) is 0 Å². The lowest BCUT2D eigenvalue weighted by Gasteiger charge is -2.06. The Morgan fingerprint density at radius 3 is 2.48 bits per heavy atom. The number of carbonyl (C=O) groups is 1. The molecule has 0 atom stereocenters. The van der Waals surface area contributed by atoms with E-state index in [1.54, 1.807) is 0 Å². The summed E-state index contributed by atoms with van der Waals surface area (Å²) in [5.74, 6) is -1.05. The van der Waals surface area contributed by atoms with Crippen LogP contribution in [0.4, 0.5) is 13.2 Å². The molecule has 0 radical (unpaired) electrons. The van der Waals surface area contributed by atoms with Crippen LogP contribution in [0.3, 0.4) is 0 Å². The Kier molecular flexibility index (Phi) is 6.11. The number of alkyl halides is 3. The molecule has 120 valence electrons. The first kappa shape index (κ1) is 18.3. The minimum atomic E-state index is -4.22. The SMILES string of the molecule is O=C(NCCCCC(F)(F)F)c1cc(S(=O)(=O)Cl)c(Br)o1. The fourth-order valence-electron chi connectivity index (χ4n) is 1.37. The van der Waals surface area contributed by atoms with Crippen LogP contribution in [0.1, 0.15) is 29.8 Å². The van der Waals surface area contributed by atoms with E-state index in [-0.39, 0.29) is 29.8 Å². The molecule has 0 fully saturated rings. The Morgan fingerprint density at radius 1 is 1.38 bits per heavy atom. The lowest BCUT2D eigenvalue weighted by atomic mass is 10.2. The maximum Gasteiger partial charge on any atom is 0.389 e. The minimum Gasteiger partial charge on any atom is -0.443 e. The van der Waals surface area contributed by atoms with Gasteiger partial charge in [0.15, 0.2) is 10.4 Å². The Morgan fingerprint density at radius 2 is 2.00 bits per heavy atom. The van der Waals surface area contributed by atoms with E-state index in [1.807, 2.05) is 0 Å². The lowest BCUT2D eigenvalue weighted by Crippen LogP contribution is -2.24. The van der Waals surface area contributed by atoms with Crippen molar-refractivity contribution in [1.82, 2.24) is 5.32 Å². The summed E-state index contributed by atoms with van der Waals surface area (Å²) in [5, 5.41) is 2.32. The second kappa shape index (κ2) is 7.01. The van der Waals surface area contributed by atoms with Gasteiger partial charge in [0.25, 0.3) is 15.0 Å². The molecule has 1 aromatic heterocycles. The highest BCUT2D eigenvalue weighted by Gasteiger charge is 2.26. The van der Waals surface area contributed by atoms with Crippen molar-refractivity contribution in [3.63, 3.8) is 0 Å². The second-order valence-corrected chi connectivity index (χ2v) is 7.27. The van der Waals surface area contributed by atoms with Gasteiger partial charge in [-0.25, -0.2) is 8.42 Å². The zero-order chi connectivity index (χ0) is 16.3. The van der Waals surface area contributed by atoms with Crippen LogP contribution in [0, 0.1) is 0 Å². The van der Waals surface area contributed by atoms with Crippen molar-refractivity contribution in [3.05, 3.63) is 16.5 Å². The molecule has 1 rings (SSSR count). The quantitative estimate of drug-likeness (QED) is 0.574. The zero-order valence-electron chi connectivity index (χ0n) is 10.3. The van der Waals surface area contributed by atoms with Crippen molar-refractivity contribution in [3.8, 4) is 0 Å². The molecular formula is C10H10BrClF3NO4S. The average Bonchev–Trinajstić information content (AvgIpc) is 2.69. The smallest absolute Gasteiger partial charge is 0.389 e. The van der Waals surface area contributed by atoms with Gasteiger partial charge in [0.1, 0.15) is 4.90 Å². The molecule has 21 heavy (non-hydrogen) atoms. The molecule has 1 heterocycles. The van der Waals surface area contributed by atoms with Crippen LogP contribution >= 0.6 is 26.6 Å². The second-order valence-electron chi connectivity index (χ2n) is 4.01. The largest absolute Gasteiger partial charge is 0.443 e. The van der Waals surface area contributed by atoms with E-state index in [9.17, 15) is 26.4 Å². The van der Waals surface area contributed by atoms with Crippen LogP contribution in [-0.2, 0) is 9.05 Å². The first-order valence-corrected chi connectivity index (χ1v) is 8.70. The molecule has 0 aromatic carbocycles. The number of carbonyl (C=O) groups excluding carboxylic acids is 1. The van der Waals surface area contributed by atoms with Gasteiger partial charge in [0.2, 0.25) is 0 Å². The van der Waals surface area contributed by atoms with E-state index in [4.69, 9.17) is 15.1 Å². The molecule has 0 saturated heterocycles. The molecule has 1 aromatic rings. The highest BCUT2D eigenvalue weighted by atomic mass is 79.9. The van der Waals surface area contributed by atoms with Crippen molar-refractivity contribution < 1.29 is 30.8 Å². The molecule has 0 unspecified atom stereocenters. The standard InChI is InChI=1S/C10H10BrClF3NO4S/c11-8-7(21(12,18)19)5-6(20-8)9(17)16-4-2-1-3-10(13,14)15/h5H,1-4H2,(H,16,17). The van der Waals surface area contributed by atoms with E-state index < -0.39 is 32.5 Å². The van der Waals surface area contributed by atoms with E-state index in [2.05, 4.69) is 21.2 Å². The van der Waals surface area contributed by atoms with Crippen molar-refractivity contribution in [2.45, 2.75) is 30.3 Å². The topological polar surface area (TPSA) is 76.4 Å². The molecule has 5 nitrogen and oxygen atoms in total. The summed E-state index contributed by atoms with van der Waals surface area (Å²) in [6.45, 7) is 0.0101. The summed E-state index contributed by atoms with van der Waals surface area (Å²) >= 11 is 2.80. The van der Waals surface area contributed by atoms with Crippen LogP contribution in [0.15, 0.2) is 20.0 Å². The van der Waals surface area contributed by atoms with Crippen LogP contribution in [0.2, 0.25) is 0 Å². The molecule has 0 bridgehead atoms. The number of halogens is 5. The number of unbranched alkanes of at least 4 members (excludes halogenated alkanes) is 1. The predicted octanol–water partition coefficient (Wildman–Crippen LogP) is 3.43. The van der Waals surface area contributed by atoms with Gasteiger partial charge in [-0.3, -0.25) is 4.79 Å². The third-order valence-electron chi connectivity index (χ3n) is 2.31. The van der Waals surface area contributed by atoms with Crippen molar-refractivity contribution in [2.75, 3.05) is 6.54 Å². The lowest BCUT2D eigenvalue weighted by molar-refractivity contribution is -0.135.